The Hall–Kier alpha value is -1.26. The first-order valence-electron chi connectivity index (χ1n) is 6.77. The number of carboxylic acids is 1. The molecule has 1 fully saturated rings. The van der Waals surface area contributed by atoms with Crippen molar-refractivity contribution in [3.63, 3.8) is 0 Å². The summed E-state index contributed by atoms with van der Waals surface area (Å²) in [7, 11) is 0. The number of aliphatic carboxylic acids is 1. The summed E-state index contributed by atoms with van der Waals surface area (Å²) in [6.45, 7) is 4.93. The number of hydrogen-bond acceptors (Lipinski definition) is 2. The van der Waals surface area contributed by atoms with E-state index in [1.807, 2.05) is 0 Å². The van der Waals surface area contributed by atoms with Gasteiger partial charge >= 0.3 is 12.0 Å². The maximum atomic E-state index is 11.5. The Morgan fingerprint density at radius 2 is 2.06 bits per heavy atom. The van der Waals surface area contributed by atoms with Gasteiger partial charge in [0.2, 0.25) is 0 Å². The Kier molecular flexibility index (Phi) is 5.95. The number of carboxylic acid groups (broad SMARTS) is 1. The number of rotatable bonds is 6. The summed E-state index contributed by atoms with van der Waals surface area (Å²) in [4.78, 5) is 22.3. The van der Waals surface area contributed by atoms with Gasteiger partial charge in [0.25, 0.3) is 0 Å². The van der Waals surface area contributed by atoms with Gasteiger partial charge in [0.1, 0.15) is 0 Å². The third-order valence-corrected chi connectivity index (χ3v) is 3.71. The Balaban J connectivity index is 2.15. The summed E-state index contributed by atoms with van der Waals surface area (Å²) >= 11 is 0. The Bertz CT molecular complexity index is 294. The lowest BCUT2D eigenvalue weighted by molar-refractivity contribution is -0.141. The van der Waals surface area contributed by atoms with Crippen LogP contribution in [0.15, 0.2) is 0 Å². The van der Waals surface area contributed by atoms with Crippen LogP contribution in [0.4, 0.5) is 4.79 Å². The van der Waals surface area contributed by atoms with E-state index in [-0.39, 0.29) is 12.6 Å². The molecule has 2 amide bonds. The monoisotopic (exact) mass is 256 g/mol. The molecule has 1 rings (SSSR count). The molecule has 0 saturated heterocycles. The molecule has 104 valence electrons. The predicted octanol–water partition coefficient (Wildman–Crippen LogP) is 1.83. The number of carbonyl (C=O) groups is 2. The van der Waals surface area contributed by atoms with Crippen molar-refractivity contribution >= 4 is 12.0 Å². The summed E-state index contributed by atoms with van der Waals surface area (Å²) in [6.07, 6.45) is 4.11. The zero-order chi connectivity index (χ0) is 13.5. The molecule has 1 aliphatic carbocycles. The lowest BCUT2D eigenvalue weighted by atomic mass is 10.1. The van der Waals surface area contributed by atoms with Crippen molar-refractivity contribution in [3.8, 4) is 0 Å². The van der Waals surface area contributed by atoms with Crippen LogP contribution in [-0.4, -0.2) is 30.2 Å². The minimum absolute atomic E-state index is 0.193. The molecule has 5 nitrogen and oxygen atoms in total. The minimum Gasteiger partial charge on any atom is -0.481 e. The lowest BCUT2D eigenvalue weighted by Gasteiger charge is -2.14. The van der Waals surface area contributed by atoms with Crippen molar-refractivity contribution in [2.75, 3.05) is 13.1 Å². The van der Waals surface area contributed by atoms with E-state index in [1.165, 1.54) is 19.3 Å². The summed E-state index contributed by atoms with van der Waals surface area (Å²) in [6, 6.07) is -0.255. The van der Waals surface area contributed by atoms with Gasteiger partial charge < -0.3 is 15.7 Å². The molecule has 3 atom stereocenters. The normalized spacial score (nSPS) is 24.6. The van der Waals surface area contributed by atoms with Crippen molar-refractivity contribution < 1.29 is 14.7 Å². The van der Waals surface area contributed by atoms with Gasteiger partial charge in [0.05, 0.1) is 5.92 Å². The number of urea groups is 1. The third-order valence-electron chi connectivity index (χ3n) is 3.71. The molecule has 1 aliphatic rings. The van der Waals surface area contributed by atoms with Crippen molar-refractivity contribution in [1.82, 2.24) is 10.6 Å². The Morgan fingerprint density at radius 3 is 2.56 bits per heavy atom. The highest BCUT2D eigenvalue weighted by Gasteiger charge is 2.22. The number of carbonyl (C=O) groups excluding carboxylic acids is 1. The van der Waals surface area contributed by atoms with E-state index < -0.39 is 11.9 Å². The molecule has 0 bridgehead atoms. The molecule has 0 spiro atoms. The van der Waals surface area contributed by atoms with Crippen molar-refractivity contribution in [3.05, 3.63) is 0 Å². The first kappa shape index (κ1) is 14.8. The molecular formula is C13H24N2O3. The molecule has 5 heteroatoms. The second-order valence-corrected chi connectivity index (χ2v) is 5.32. The predicted molar refractivity (Wildman–Crippen MR) is 69.3 cm³/mol. The van der Waals surface area contributed by atoms with Gasteiger partial charge in [-0.25, -0.2) is 4.79 Å². The average molecular weight is 256 g/mol. The lowest BCUT2D eigenvalue weighted by Crippen LogP contribution is -2.41. The van der Waals surface area contributed by atoms with Crippen LogP contribution >= 0.6 is 0 Å². The smallest absolute Gasteiger partial charge is 0.314 e. The first-order chi connectivity index (χ1) is 8.52. The van der Waals surface area contributed by atoms with Gasteiger partial charge in [0, 0.05) is 13.1 Å². The number of hydrogen-bond donors (Lipinski definition) is 3. The van der Waals surface area contributed by atoms with Crippen LogP contribution in [0.25, 0.3) is 0 Å². The molecule has 3 N–H and O–H groups in total. The van der Waals surface area contributed by atoms with Crippen molar-refractivity contribution in [2.45, 2.75) is 39.5 Å². The topological polar surface area (TPSA) is 78.4 Å². The van der Waals surface area contributed by atoms with E-state index in [4.69, 9.17) is 5.11 Å². The van der Waals surface area contributed by atoms with E-state index >= 15 is 0 Å². The molecule has 0 aliphatic heterocycles. The van der Waals surface area contributed by atoms with Gasteiger partial charge in [-0.1, -0.05) is 20.3 Å². The molecule has 0 aromatic rings. The van der Waals surface area contributed by atoms with Crippen LogP contribution in [0.1, 0.15) is 39.5 Å². The molecule has 0 heterocycles. The van der Waals surface area contributed by atoms with Crippen LogP contribution in [0.5, 0.6) is 0 Å². The van der Waals surface area contributed by atoms with Crippen molar-refractivity contribution in [2.24, 2.45) is 17.8 Å². The third kappa shape index (κ3) is 4.94. The van der Waals surface area contributed by atoms with E-state index in [1.54, 1.807) is 6.92 Å². The second-order valence-electron chi connectivity index (χ2n) is 5.32. The molecule has 0 radical (unpaired) electrons. The molecular weight excluding hydrogens is 232 g/mol. The van der Waals surface area contributed by atoms with Gasteiger partial charge in [-0.05, 0) is 31.1 Å². The maximum absolute atomic E-state index is 11.5. The highest BCUT2D eigenvalue weighted by atomic mass is 16.4. The second kappa shape index (κ2) is 7.24. The highest BCUT2D eigenvalue weighted by Crippen LogP contribution is 2.29. The van der Waals surface area contributed by atoms with Crippen LogP contribution < -0.4 is 10.6 Å². The van der Waals surface area contributed by atoms with Crippen LogP contribution in [0.2, 0.25) is 0 Å². The fourth-order valence-corrected chi connectivity index (χ4v) is 2.43. The van der Waals surface area contributed by atoms with E-state index in [9.17, 15) is 9.59 Å². The summed E-state index contributed by atoms with van der Waals surface area (Å²) < 4.78 is 0. The Labute approximate surface area is 108 Å². The fourth-order valence-electron chi connectivity index (χ4n) is 2.43. The average Bonchev–Trinajstić information content (AvgIpc) is 2.73. The quantitative estimate of drug-likeness (QED) is 0.678. The zero-order valence-electron chi connectivity index (χ0n) is 11.2. The van der Waals surface area contributed by atoms with Crippen LogP contribution in [0.3, 0.4) is 0 Å². The van der Waals surface area contributed by atoms with Crippen molar-refractivity contribution in [1.29, 1.82) is 0 Å². The molecule has 0 aromatic heterocycles. The standard InChI is InChI=1S/C13H24N2O3/c1-3-11(12(16)17)8-15-13(18)14-7-10-5-4-9(2)6-10/h9-11H,3-8H2,1-2H3,(H,16,17)(H2,14,15,18). The SMILES string of the molecule is CCC(CNC(=O)NCC1CCC(C)C1)C(=O)O. The minimum atomic E-state index is -0.859. The summed E-state index contributed by atoms with van der Waals surface area (Å²) in [5, 5.41) is 14.3. The largest absolute Gasteiger partial charge is 0.481 e. The molecule has 1 saturated carbocycles. The van der Waals surface area contributed by atoms with Crippen LogP contribution in [-0.2, 0) is 4.79 Å². The molecule has 18 heavy (non-hydrogen) atoms. The number of amides is 2. The van der Waals surface area contributed by atoms with Gasteiger partial charge in [0.15, 0.2) is 0 Å². The Morgan fingerprint density at radius 1 is 1.33 bits per heavy atom. The highest BCUT2D eigenvalue weighted by molar-refractivity contribution is 5.75. The van der Waals surface area contributed by atoms with Gasteiger partial charge in [-0.15, -0.1) is 0 Å². The van der Waals surface area contributed by atoms with Gasteiger partial charge in [-0.3, -0.25) is 4.79 Å². The molecule has 0 aromatic carbocycles. The van der Waals surface area contributed by atoms with Gasteiger partial charge in [-0.2, -0.15) is 0 Å². The van der Waals surface area contributed by atoms with E-state index in [0.717, 1.165) is 5.92 Å². The summed E-state index contributed by atoms with van der Waals surface area (Å²) in [5.41, 5.74) is 0. The maximum Gasteiger partial charge on any atom is 0.314 e. The summed E-state index contributed by atoms with van der Waals surface area (Å²) in [5.74, 6) is -0.0202. The zero-order valence-corrected chi connectivity index (χ0v) is 11.2. The number of nitrogens with one attached hydrogen (secondary N) is 2. The van der Waals surface area contributed by atoms with E-state index in [0.29, 0.717) is 18.9 Å². The molecule has 3 unspecified atom stereocenters. The first-order valence-corrected chi connectivity index (χ1v) is 6.77. The van der Waals surface area contributed by atoms with E-state index in [2.05, 4.69) is 17.6 Å². The fraction of sp³-hybridized carbons (Fsp3) is 0.846. The van der Waals surface area contributed by atoms with Crippen LogP contribution in [0, 0.1) is 17.8 Å².